The largest absolute Gasteiger partial charge is 0.456 e. The van der Waals surface area contributed by atoms with Gasteiger partial charge in [0.1, 0.15) is 16.7 Å². The van der Waals surface area contributed by atoms with Gasteiger partial charge in [-0.1, -0.05) is 97.1 Å². The number of oxazole rings is 1. The van der Waals surface area contributed by atoms with Gasteiger partial charge < -0.3 is 18.6 Å². The van der Waals surface area contributed by atoms with Gasteiger partial charge in [-0.15, -0.1) is 0 Å². The van der Waals surface area contributed by atoms with Crippen LogP contribution in [0.15, 0.2) is 197 Å². The van der Waals surface area contributed by atoms with Gasteiger partial charge in [-0.25, -0.2) is 4.98 Å². The van der Waals surface area contributed by atoms with Crippen LogP contribution in [0.3, 0.4) is 0 Å². The van der Waals surface area contributed by atoms with Gasteiger partial charge >= 0.3 is 0 Å². The Labute approximate surface area is 300 Å². The molecule has 0 radical (unpaired) electrons. The van der Waals surface area contributed by atoms with E-state index in [0.717, 1.165) is 77.9 Å². The standard InChI is InChI=1S/C47H31N3O2/c1-5-15-32(16-6-1)47-48-45-44(52-47)30-33-29-37(25-27-39(33)46(45)50(35-19-9-3-10-20-35)36-21-11-4-12-22-36)49(34-17-7-2-8-18-34)38-26-28-43-41(31-38)40-23-13-14-24-42(40)51-43/h1-31H. The van der Waals surface area contributed by atoms with Crippen LogP contribution in [0.4, 0.5) is 34.1 Å². The number of nitrogens with zero attached hydrogens (tertiary/aromatic N) is 3. The van der Waals surface area contributed by atoms with Gasteiger partial charge in [0.15, 0.2) is 5.58 Å². The zero-order valence-corrected chi connectivity index (χ0v) is 28.1. The molecule has 0 N–H and O–H groups in total. The van der Waals surface area contributed by atoms with E-state index in [2.05, 4.69) is 137 Å². The first-order chi connectivity index (χ1) is 25.8. The zero-order chi connectivity index (χ0) is 34.4. The maximum Gasteiger partial charge on any atom is 0.227 e. The number of benzene rings is 8. The molecule has 5 heteroatoms. The number of para-hydroxylation sites is 4. The fraction of sp³-hybridized carbons (Fsp3) is 0. The van der Waals surface area contributed by atoms with E-state index in [0.29, 0.717) is 11.5 Å². The van der Waals surface area contributed by atoms with Gasteiger partial charge in [0.2, 0.25) is 5.89 Å². The fourth-order valence-electron chi connectivity index (χ4n) is 7.26. The van der Waals surface area contributed by atoms with Crippen molar-refractivity contribution in [3.05, 3.63) is 188 Å². The number of hydrogen-bond acceptors (Lipinski definition) is 5. The Morgan fingerprint density at radius 1 is 0.365 bits per heavy atom. The van der Waals surface area contributed by atoms with Crippen molar-refractivity contribution in [3.63, 3.8) is 0 Å². The maximum atomic E-state index is 6.61. The minimum Gasteiger partial charge on any atom is -0.456 e. The van der Waals surface area contributed by atoms with E-state index in [-0.39, 0.29) is 0 Å². The molecule has 246 valence electrons. The van der Waals surface area contributed by atoms with Gasteiger partial charge in [0.05, 0.1) is 5.69 Å². The van der Waals surface area contributed by atoms with Gasteiger partial charge in [-0.2, -0.15) is 0 Å². The molecule has 0 aliphatic rings. The van der Waals surface area contributed by atoms with E-state index in [1.165, 1.54) is 0 Å². The molecule has 0 unspecified atom stereocenters. The second-order valence-corrected chi connectivity index (χ2v) is 12.8. The van der Waals surface area contributed by atoms with Crippen LogP contribution in [0.2, 0.25) is 0 Å². The predicted molar refractivity (Wildman–Crippen MR) is 214 cm³/mol. The minimum atomic E-state index is 0.583. The Balaban J connectivity index is 1.23. The molecule has 0 amide bonds. The summed E-state index contributed by atoms with van der Waals surface area (Å²) in [4.78, 5) is 9.76. The number of rotatable bonds is 7. The monoisotopic (exact) mass is 669 g/mol. The zero-order valence-electron chi connectivity index (χ0n) is 28.1. The normalized spacial score (nSPS) is 11.5. The van der Waals surface area contributed by atoms with Crippen molar-refractivity contribution in [2.75, 3.05) is 9.80 Å². The lowest BCUT2D eigenvalue weighted by Crippen LogP contribution is -2.12. The van der Waals surface area contributed by atoms with Crippen LogP contribution in [-0.4, -0.2) is 4.98 Å². The van der Waals surface area contributed by atoms with Crippen LogP contribution in [0, 0.1) is 0 Å². The Kier molecular flexibility index (Phi) is 7.07. The highest BCUT2D eigenvalue weighted by Crippen LogP contribution is 2.46. The Morgan fingerprint density at radius 3 is 1.62 bits per heavy atom. The molecule has 0 spiro atoms. The lowest BCUT2D eigenvalue weighted by Gasteiger charge is -2.28. The third kappa shape index (κ3) is 5.07. The molecule has 8 aromatic carbocycles. The number of fused-ring (bicyclic) bond motifs is 5. The topological polar surface area (TPSA) is 45.7 Å². The van der Waals surface area contributed by atoms with Crippen molar-refractivity contribution in [3.8, 4) is 11.5 Å². The summed E-state index contributed by atoms with van der Waals surface area (Å²) in [6, 6.07) is 64.9. The second kappa shape index (κ2) is 12.3. The SMILES string of the molecule is c1ccc(-c2nc3c(N(c4ccccc4)c4ccccc4)c4ccc(N(c5ccccc5)c5ccc6oc7ccccc7c6c5)cc4cc3o2)cc1. The van der Waals surface area contributed by atoms with E-state index < -0.39 is 0 Å². The number of anilines is 6. The molecule has 0 bridgehead atoms. The van der Waals surface area contributed by atoms with Crippen LogP contribution in [-0.2, 0) is 0 Å². The highest BCUT2D eigenvalue weighted by molar-refractivity contribution is 6.13. The molecule has 10 rings (SSSR count). The molecule has 2 aromatic heterocycles. The molecule has 2 heterocycles. The second-order valence-electron chi connectivity index (χ2n) is 12.8. The summed E-state index contributed by atoms with van der Waals surface area (Å²) in [5, 5.41) is 4.26. The molecular weight excluding hydrogens is 639 g/mol. The summed E-state index contributed by atoms with van der Waals surface area (Å²) in [5.41, 5.74) is 10.3. The van der Waals surface area contributed by atoms with Crippen LogP contribution in [0.5, 0.6) is 0 Å². The minimum absolute atomic E-state index is 0.583. The summed E-state index contributed by atoms with van der Waals surface area (Å²) in [6.07, 6.45) is 0. The number of furan rings is 1. The molecule has 10 aromatic rings. The maximum absolute atomic E-state index is 6.61. The van der Waals surface area contributed by atoms with Crippen molar-refractivity contribution in [1.29, 1.82) is 0 Å². The summed E-state index contributed by atoms with van der Waals surface area (Å²) >= 11 is 0. The van der Waals surface area contributed by atoms with Crippen molar-refractivity contribution in [2.24, 2.45) is 0 Å². The highest BCUT2D eigenvalue weighted by atomic mass is 16.3. The van der Waals surface area contributed by atoms with E-state index in [1.54, 1.807) is 0 Å². The van der Waals surface area contributed by atoms with Crippen molar-refractivity contribution in [2.45, 2.75) is 0 Å². The molecule has 0 aliphatic heterocycles. The molecule has 5 nitrogen and oxygen atoms in total. The van der Waals surface area contributed by atoms with Crippen molar-refractivity contribution >= 4 is 77.9 Å². The summed E-state index contributed by atoms with van der Waals surface area (Å²) in [5.74, 6) is 0.583. The summed E-state index contributed by atoms with van der Waals surface area (Å²) in [7, 11) is 0. The van der Waals surface area contributed by atoms with Gasteiger partial charge in [0.25, 0.3) is 0 Å². The quantitative estimate of drug-likeness (QED) is 0.169. The molecule has 52 heavy (non-hydrogen) atoms. The Hall–Kier alpha value is -7.11. The number of aromatic nitrogens is 1. The lowest BCUT2D eigenvalue weighted by molar-refractivity contribution is 0.620. The molecule has 0 saturated heterocycles. The Morgan fingerprint density at radius 2 is 0.923 bits per heavy atom. The van der Waals surface area contributed by atoms with E-state index in [9.17, 15) is 0 Å². The fourth-order valence-corrected chi connectivity index (χ4v) is 7.26. The first-order valence-electron chi connectivity index (χ1n) is 17.4. The molecular formula is C47H31N3O2. The van der Waals surface area contributed by atoms with Crippen LogP contribution in [0.1, 0.15) is 0 Å². The van der Waals surface area contributed by atoms with Gasteiger partial charge in [-0.3, -0.25) is 0 Å². The van der Waals surface area contributed by atoms with Gasteiger partial charge in [-0.05, 0) is 96.4 Å². The molecule has 0 fully saturated rings. The molecule has 0 atom stereocenters. The number of hydrogen-bond donors (Lipinski definition) is 0. The third-order valence-corrected chi connectivity index (χ3v) is 9.62. The van der Waals surface area contributed by atoms with E-state index in [1.807, 2.05) is 60.7 Å². The van der Waals surface area contributed by atoms with Crippen molar-refractivity contribution in [1.82, 2.24) is 4.98 Å². The first kappa shape index (κ1) is 29.8. The van der Waals surface area contributed by atoms with Crippen LogP contribution in [0.25, 0.3) is 55.3 Å². The van der Waals surface area contributed by atoms with Crippen molar-refractivity contribution < 1.29 is 8.83 Å². The smallest absolute Gasteiger partial charge is 0.227 e. The van der Waals surface area contributed by atoms with E-state index in [4.69, 9.17) is 13.8 Å². The Bertz CT molecular complexity index is 2810. The van der Waals surface area contributed by atoms with Crippen LogP contribution < -0.4 is 9.80 Å². The van der Waals surface area contributed by atoms with E-state index >= 15 is 0 Å². The average molecular weight is 670 g/mol. The van der Waals surface area contributed by atoms with Gasteiger partial charge in [0, 0.05) is 50.2 Å². The van der Waals surface area contributed by atoms with Crippen LogP contribution >= 0.6 is 0 Å². The average Bonchev–Trinajstić information content (AvgIpc) is 3.81. The summed E-state index contributed by atoms with van der Waals surface area (Å²) < 4.78 is 12.8. The third-order valence-electron chi connectivity index (χ3n) is 9.62. The lowest BCUT2D eigenvalue weighted by atomic mass is 10.0. The molecule has 0 aliphatic carbocycles. The molecule has 0 saturated carbocycles. The predicted octanol–water partition coefficient (Wildman–Crippen LogP) is 13.5. The first-order valence-corrected chi connectivity index (χ1v) is 17.4. The highest BCUT2D eigenvalue weighted by Gasteiger charge is 2.24. The summed E-state index contributed by atoms with van der Waals surface area (Å²) in [6.45, 7) is 0.